The van der Waals surface area contributed by atoms with Crippen LogP contribution in [0.3, 0.4) is 0 Å². The SMILES string of the molecule is CC1C2C=CC(C2)C1CCN. The molecule has 0 radical (unpaired) electrons. The molecule has 2 N–H and O–H groups in total. The monoisotopic (exact) mass is 151 g/mol. The third-order valence-corrected chi connectivity index (χ3v) is 3.55. The van der Waals surface area contributed by atoms with Gasteiger partial charge in [-0.15, -0.1) is 0 Å². The number of hydrogen-bond donors (Lipinski definition) is 1. The van der Waals surface area contributed by atoms with E-state index in [1.165, 1.54) is 12.8 Å². The first-order valence-corrected chi connectivity index (χ1v) is 4.71. The molecule has 2 aliphatic carbocycles. The minimum absolute atomic E-state index is 0.867. The third-order valence-electron chi connectivity index (χ3n) is 3.55. The summed E-state index contributed by atoms with van der Waals surface area (Å²) < 4.78 is 0. The molecule has 4 atom stereocenters. The first kappa shape index (κ1) is 7.35. The van der Waals surface area contributed by atoms with Crippen LogP contribution in [0.25, 0.3) is 0 Å². The summed E-state index contributed by atoms with van der Waals surface area (Å²) in [4.78, 5) is 0. The Morgan fingerprint density at radius 1 is 1.36 bits per heavy atom. The number of rotatable bonds is 2. The van der Waals surface area contributed by atoms with Crippen molar-refractivity contribution in [1.29, 1.82) is 0 Å². The zero-order chi connectivity index (χ0) is 7.84. The fourth-order valence-corrected chi connectivity index (χ4v) is 2.84. The molecular formula is C10H17N. The Bertz CT molecular complexity index is 174. The van der Waals surface area contributed by atoms with E-state index in [0.29, 0.717) is 0 Å². The Hall–Kier alpha value is -0.300. The van der Waals surface area contributed by atoms with Gasteiger partial charge in [-0.1, -0.05) is 19.1 Å². The molecule has 62 valence electrons. The zero-order valence-electron chi connectivity index (χ0n) is 7.16. The van der Waals surface area contributed by atoms with Crippen molar-refractivity contribution < 1.29 is 0 Å². The van der Waals surface area contributed by atoms with Crippen LogP contribution in [0.15, 0.2) is 12.2 Å². The lowest BCUT2D eigenvalue weighted by Crippen LogP contribution is -2.19. The lowest BCUT2D eigenvalue weighted by atomic mass is 9.82. The second-order valence-corrected chi connectivity index (χ2v) is 4.05. The minimum Gasteiger partial charge on any atom is -0.330 e. The van der Waals surface area contributed by atoms with Gasteiger partial charge in [0.25, 0.3) is 0 Å². The van der Waals surface area contributed by atoms with Gasteiger partial charge in [-0.25, -0.2) is 0 Å². The molecule has 2 aliphatic rings. The van der Waals surface area contributed by atoms with E-state index < -0.39 is 0 Å². The molecule has 0 heterocycles. The van der Waals surface area contributed by atoms with Gasteiger partial charge in [0.1, 0.15) is 0 Å². The van der Waals surface area contributed by atoms with Crippen molar-refractivity contribution in [2.75, 3.05) is 6.54 Å². The summed E-state index contributed by atoms with van der Waals surface area (Å²) in [6, 6.07) is 0. The van der Waals surface area contributed by atoms with Crippen molar-refractivity contribution in [3.8, 4) is 0 Å². The fourth-order valence-electron chi connectivity index (χ4n) is 2.84. The van der Waals surface area contributed by atoms with Crippen molar-refractivity contribution in [3.63, 3.8) is 0 Å². The Kier molecular flexibility index (Phi) is 1.76. The van der Waals surface area contributed by atoms with Gasteiger partial charge in [0.2, 0.25) is 0 Å². The standard InChI is InChI=1S/C10H17N/c1-7-8-2-3-9(6-8)10(7)4-5-11/h2-3,7-10H,4-6,11H2,1H3. The van der Waals surface area contributed by atoms with Crippen LogP contribution in [0.1, 0.15) is 19.8 Å². The van der Waals surface area contributed by atoms with Crippen LogP contribution >= 0.6 is 0 Å². The maximum absolute atomic E-state index is 5.58. The maximum atomic E-state index is 5.58. The summed E-state index contributed by atoms with van der Waals surface area (Å²) in [6.45, 7) is 3.25. The second kappa shape index (κ2) is 2.63. The van der Waals surface area contributed by atoms with Gasteiger partial charge in [-0.2, -0.15) is 0 Å². The molecule has 0 aromatic heterocycles. The zero-order valence-corrected chi connectivity index (χ0v) is 7.16. The molecule has 4 unspecified atom stereocenters. The fraction of sp³-hybridized carbons (Fsp3) is 0.800. The second-order valence-electron chi connectivity index (χ2n) is 4.05. The summed E-state index contributed by atoms with van der Waals surface area (Å²) in [6.07, 6.45) is 7.45. The first-order valence-electron chi connectivity index (χ1n) is 4.71. The molecule has 0 amide bonds. The predicted molar refractivity (Wildman–Crippen MR) is 47.1 cm³/mol. The van der Waals surface area contributed by atoms with Gasteiger partial charge in [-0.3, -0.25) is 0 Å². The average Bonchev–Trinajstić information content (AvgIpc) is 2.54. The van der Waals surface area contributed by atoms with Crippen molar-refractivity contribution in [3.05, 3.63) is 12.2 Å². The molecule has 1 saturated carbocycles. The smallest absolute Gasteiger partial charge is 0.00743 e. The Morgan fingerprint density at radius 2 is 2.09 bits per heavy atom. The van der Waals surface area contributed by atoms with Crippen molar-refractivity contribution in [2.24, 2.45) is 29.4 Å². The third kappa shape index (κ3) is 1.02. The van der Waals surface area contributed by atoms with Crippen LogP contribution in [0.4, 0.5) is 0 Å². The van der Waals surface area contributed by atoms with E-state index in [9.17, 15) is 0 Å². The largest absolute Gasteiger partial charge is 0.330 e. The molecule has 2 rings (SSSR count). The van der Waals surface area contributed by atoms with E-state index in [2.05, 4.69) is 19.1 Å². The van der Waals surface area contributed by atoms with E-state index in [0.717, 1.165) is 30.2 Å². The molecule has 0 aliphatic heterocycles. The van der Waals surface area contributed by atoms with E-state index in [1.54, 1.807) is 0 Å². The first-order chi connectivity index (χ1) is 5.33. The van der Waals surface area contributed by atoms with Crippen molar-refractivity contribution >= 4 is 0 Å². The molecule has 1 heteroatoms. The lowest BCUT2D eigenvalue weighted by Gasteiger charge is -2.23. The van der Waals surface area contributed by atoms with Gasteiger partial charge in [0.05, 0.1) is 0 Å². The maximum Gasteiger partial charge on any atom is -0.00743 e. The highest BCUT2D eigenvalue weighted by atomic mass is 14.6. The summed E-state index contributed by atoms with van der Waals surface area (Å²) in [5.41, 5.74) is 5.58. The summed E-state index contributed by atoms with van der Waals surface area (Å²) in [5.74, 6) is 3.55. The van der Waals surface area contributed by atoms with Gasteiger partial charge in [-0.05, 0) is 43.1 Å². The average molecular weight is 151 g/mol. The Labute approximate surface area is 68.7 Å². The van der Waals surface area contributed by atoms with Crippen LogP contribution in [-0.4, -0.2) is 6.54 Å². The number of hydrogen-bond acceptors (Lipinski definition) is 1. The number of nitrogens with two attached hydrogens (primary N) is 1. The molecule has 0 aromatic rings. The van der Waals surface area contributed by atoms with E-state index in [-0.39, 0.29) is 0 Å². The van der Waals surface area contributed by atoms with E-state index in [4.69, 9.17) is 5.73 Å². The van der Waals surface area contributed by atoms with Crippen LogP contribution in [0.5, 0.6) is 0 Å². The quantitative estimate of drug-likeness (QED) is 0.598. The Balaban J connectivity index is 2.06. The Morgan fingerprint density at radius 3 is 2.64 bits per heavy atom. The lowest BCUT2D eigenvalue weighted by molar-refractivity contribution is 0.318. The van der Waals surface area contributed by atoms with Gasteiger partial charge in [0.15, 0.2) is 0 Å². The van der Waals surface area contributed by atoms with Gasteiger partial charge >= 0.3 is 0 Å². The van der Waals surface area contributed by atoms with Gasteiger partial charge in [0, 0.05) is 0 Å². The molecular weight excluding hydrogens is 134 g/mol. The molecule has 0 saturated heterocycles. The molecule has 1 fully saturated rings. The normalized spacial score (nSPS) is 47.1. The van der Waals surface area contributed by atoms with Crippen molar-refractivity contribution in [2.45, 2.75) is 19.8 Å². The van der Waals surface area contributed by atoms with E-state index in [1.807, 2.05) is 0 Å². The summed E-state index contributed by atoms with van der Waals surface area (Å²) in [7, 11) is 0. The summed E-state index contributed by atoms with van der Waals surface area (Å²) >= 11 is 0. The van der Waals surface area contributed by atoms with Crippen LogP contribution in [0, 0.1) is 23.7 Å². The van der Waals surface area contributed by atoms with E-state index >= 15 is 0 Å². The highest BCUT2D eigenvalue weighted by molar-refractivity contribution is 5.12. The van der Waals surface area contributed by atoms with Crippen LogP contribution < -0.4 is 5.73 Å². The summed E-state index contributed by atoms with van der Waals surface area (Å²) in [5, 5.41) is 0. The molecule has 0 spiro atoms. The van der Waals surface area contributed by atoms with Crippen molar-refractivity contribution in [1.82, 2.24) is 0 Å². The highest BCUT2D eigenvalue weighted by Gasteiger charge is 2.40. The topological polar surface area (TPSA) is 26.0 Å². The van der Waals surface area contributed by atoms with Crippen LogP contribution in [-0.2, 0) is 0 Å². The van der Waals surface area contributed by atoms with Gasteiger partial charge < -0.3 is 5.73 Å². The molecule has 1 nitrogen and oxygen atoms in total. The minimum atomic E-state index is 0.867. The molecule has 0 aromatic carbocycles. The van der Waals surface area contributed by atoms with Crippen LogP contribution in [0.2, 0.25) is 0 Å². The number of fused-ring (bicyclic) bond motifs is 2. The highest BCUT2D eigenvalue weighted by Crippen LogP contribution is 2.48. The predicted octanol–water partition coefficient (Wildman–Crippen LogP) is 1.79. The molecule has 11 heavy (non-hydrogen) atoms. The molecule has 2 bridgehead atoms. The number of allylic oxidation sites excluding steroid dienone is 2.